The first-order chi connectivity index (χ1) is 10.2. The van der Waals surface area contributed by atoms with Gasteiger partial charge in [0.05, 0.1) is 0 Å². The number of carbonyl (C=O) groups excluding carboxylic acids is 1. The van der Waals surface area contributed by atoms with E-state index in [4.69, 9.17) is 5.73 Å². The van der Waals surface area contributed by atoms with Crippen LogP contribution >= 0.6 is 0 Å². The molecule has 1 aliphatic carbocycles. The summed E-state index contributed by atoms with van der Waals surface area (Å²) >= 11 is 0. The highest BCUT2D eigenvalue weighted by atomic mass is 16.1. The fraction of sp³-hybridized carbons (Fsp3) is 0.588. The summed E-state index contributed by atoms with van der Waals surface area (Å²) in [5.41, 5.74) is 7.04. The number of benzene rings is 1. The molecule has 3 rings (SSSR count). The van der Waals surface area contributed by atoms with Crippen molar-refractivity contribution in [3.63, 3.8) is 0 Å². The maximum atomic E-state index is 12.2. The van der Waals surface area contributed by atoms with Crippen molar-refractivity contribution >= 4 is 11.6 Å². The molecule has 4 nitrogen and oxygen atoms in total. The van der Waals surface area contributed by atoms with Crippen LogP contribution in [0.4, 0.5) is 5.69 Å². The first-order valence-electron chi connectivity index (χ1n) is 8.13. The molecule has 2 fully saturated rings. The van der Waals surface area contributed by atoms with Gasteiger partial charge in [-0.05, 0) is 75.9 Å². The Morgan fingerprint density at radius 1 is 1.05 bits per heavy atom. The van der Waals surface area contributed by atoms with E-state index in [1.165, 1.54) is 38.8 Å². The number of nitrogens with zero attached hydrogens (tertiary/aromatic N) is 1. The van der Waals surface area contributed by atoms with Crippen LogP contribution in [0.25, 0.3) is 0 Å². The third kappa shape index (κ3) is 3.56. The molecule has 0 bridgehead atoms. The average molecular weight is 287 g/mol. The summed E-state index contributed by atoms with van der Waals surface area (Å²) in [5, 5.41) is 3.17. The first kappa shape index (κ1) is 14.4. The van der Waals surface area contributed by atoms with Gasteiger partial charge in [0.15, 0.2) is 0 Å². The highest BCUT2D eigenvalue weighted by Gasteiger charge is 2.28. The molecular formula is C17H25N3O. The predicted molar refractivity (Wildman–Crippen MR) is 85.2 cm³/mol. The van der Waals surface area contributed by atoms with Gasteiger partial charge in [-0.25, -0.2) is 0 Å². The fourth-order valence-corrected chi connectivity index (χ4v) is 3.60. The molecule has 4 heteroatoms. The van der Waals surface area contributed by atoms with Gasteiger partial charge in [0.2, 0.25) is 0 Å². The lowest BCUT2D eigenvalue weighted by Gasteiger charge is -2.34. The highest BCUT2D eigenvalue weighted by molar-refractivity contribution is 5.94. The van der Waals surface area contributed by atoms with Crippen LogP contribution in [0, 0.1) is 0 Å². The number of amides is 1. The van der Waals surface area contributed by atoms with Crippen molar-refractivity contribution < 1.29 is 4.79 Å². The molecule has 2 aliphatic rings. The topological polar surface area (TPSA) is 58.4 Å². The minimum absolute atomic E-state index is 0.0274. The minimum atomic E-state index is 0.0274. The molecular weight excluding hydrogens is 262 g/mol. The molecule has 1 heterocycles. The van der Waals surface area contributed by atoms with Crippen LogP contribution in [0.3, 0.4) is 0 Å². The minimum Gasteiger partial charge on any atom is -0.399 e. The fourth-order valence-electron chi connectivity index (χ4n) is 3.60. The van der Waals surface area contributed by atoms with E-state index in [1.54, 1.807) is 24.3 Å². The van der Waals surface area contributed by atoms with Crippen LogP contribution in [0.2, 0.25) is 0 Å². The van der Waals surface area contributed by atoms with Crippen molar-refractivity contribution in [3.8, 4) is 0 Å². The summed E-state index contributed by atoms with van der Waals surface area (Å²) in [6, 6.07) is 8.21. The molecule has 0 unspecified atom stereocenters. The summed E-state index contributed by atoms with van der Waals surface area (Å²) in [6.45, 7) is 2.54. The normalized spacial score (nSPS) is 26.7. The lowest BCUT2D eigenvalue weighted by molar-refractivity contribution is 0.0911. The zero-order valence-electron chi connectivity index (χ0n) is 12.6. The van der Waals surface area contributed by atoms with Crippen molar-refractivity contribution in [2.24, 2.45) is 0 Å². The lowest BCUT2D eigenvalue weighted by Crippen LogP contribution is -2.43. The van der Waals surface area contributed by atoms with E-state index in [1.807, 2.05) is 0 Å². The Balaban J connectivity index is 1.48. The number of nitrogens with two attached hydrogens (primary N) is 1. The Hall–Kier alpha value is -1.55. The maximum Gasteiger partial charge on any atom is 0.251 e. The summed E-state index contributed by atoms with van der Waals surface area (Å²) in [5.74, 6) is 0.0274. The second-order valence-electron chi connectivity index (χ2n) is 6.34. The van der Waals surface area contributed by atoms with E-state index in [0.717, 1.165) is 18.9 Å². The van der Waals surface area contributed by atoms with E-state index < -0.39 is 0 Å². The van der Waals surface area contributed by atoms with E-state index in [-0.39, 0.29) is 5.91 Å². The Kier molecular flexibility index (Phi) is 4.44. The summed E-state index contributed by atoms with van der Waals surface area (Å²) in [4.78, 5) is 14.8. The average Bonchev–Trinajstić information content (AvgIpc) is 3.03. The number of hydrogen-bond donors (Lipinski definition) is 2. The third-order valence-corrected chi connectivity index (χ3v) is 4.86. The van der Waals surface area contributed by atoms with Crippen molar-refractivity contribution in [2.45, 2.75) is 50.6 Å². The monoisotopic (exact) mass is 287 g/mol. The molecule has 0 aromatic heterocycles. The van der Waals surface area contributed by atoms with Crippen LogP contribution in [0.1, 0.15) is 48.9 Å². The van der Waals surface area contributed by atoms with Crippen LogP contribution in [-0.4, -0.2) is 36.0 Å². The molecule has 1 aromatic rings. The first-order valence-corrected chi connectivity index (χ1v) is 8.13. The van der Waals surface area contributed by atoms with Crippen molar-refractivity contribution in [3.05, 3.63) is 29.8 Å². The molecule has 1 saturated heterocycles. The second kappa shape index (κ2) is 6.48. The number of hydrogen-bond acceptors (Lipinski definition) is 3. The van der Waals surface area contributed by atoms with Crippen LogP contribution in [-0.2, 0) is 0 Å². The lowest BCUT2D eigenvalue weighted by atomic mass is 9.90. The Labute approximate surface area is 126 Å². The van der Waals surface area contributed by atoms with Gasteiger partial charge in [-0.1, -0.05) is 0 Å². The smallest absolute Gasteiger partial charge is 0.251 e. The van der Waals surface area contributed by atoms with Gasteiger partial charge in [-0.2, -0.15) is 0 Å². The van der Waals surface area contributed by atoms with Crippen LogP contribution in [0.15, 0.2) is 24.3 Å². The maximum absolute atomic E-state index is 12.2. The Morgan fingerprint density at radius 3 is 2.29 bits per heavy atom. The third-order valence-electron chi connectivity index (χ3n) is 4.86. The quantitative estimate of drug-likeness (QED) is 0.839. The van der Waals surface area contributed by atoms with Gasteiger partial charge in [0.1, 0.15) is 0 Å². The van der Waals surface area contributed by atoms with Gasteiger partial charge in [-0.3, -0.25) is 4.79 Å². The van der Waals surface area contributed by atoms with Gasteiger partial charge < -0.3 is 16.0 Å². The van der Waals surface area contributed by atoms with Crippen LogP contribution < -0.4 is 11.1 Å². The molecule has 0 atom stereocenters. The van der Waals surface area contributed by atoms with E-state index >= 15 is 0 Å². The number of nitrogen functional groups attached to an aromatic ring is 1. The van der Waals surface area contributed by atoms with Gasteiger partial charge >= 0.3 is 0 Å². The van der Waals surface area contributed by atoms with Gasteiger partial charge in [0.25, 0.3) is 5.91 Å². The number of anilines is 1. The SMILES string of the molecule is Nc1ccc(C(=O)NC2CCC(N3CCCC3)CC2)cc1. The largest absolute Gasteiger partial charge is 0.399 e. The van der Waals surface area contributed by atoms with Crippen molar-refractivity contribution in [2.75, 3.05) is 18.8 Å². The second-order valence-corrected chi connectivity index (χ2v) is 6.34. The van der Waals surface area contributed by atoms with Gasteiger partial charge in [-0.15, -0.1) is 0 Å². The number of likely N-dealkylation sites (tertiary alicyclic amines) is 1. The molecule has 1 amide bonds. The van der Waals surface area contributed by atoms with E-state index in [0.29, 0.717) is 17.3 Å². The number of rotatable bonds is 3. The highest BCUT2D eigenvalue weighted by Crippen LogP contribution is 2.26. The number of nitrogens with one attached hydrogen (secondary N) is 1. The summed E-state index contributed by atoms with van der Waals surface area (Å²) < 4.78 is 0. The zero-order valence-corrected chi connectivity index (χ0v) is 12.6. The van der Waals surface area contributed by atoms with Gasteiger partial charge in [0, 0.05) is 23.3 Å². The van der Waals surface area contributed by atoms with Crippen molar-refractivity contribution in [1.29, 1.82) is 0 Å². The van der Waals surface area contributed by atoms with E-state index in [9.17, 15) is 4.79 Å². The standard InChI is InChI=1S/C17H25N3O/c18-14-5-3-13(4-6-14)17(21)19-15-7-9-16(10-8-15)20-11-1-2-12-20/h3-6,15-16H,1-2,7-12,18H2,(H,19,21). The summed E-state index contributed by atoms with van der Waals surface area (Å²) in [6.07, 6.45) is 7.34. The zero-order chi connectivity index (χ0) is 14.7. The molecule has 114 valence electrons. The number of carbonyl (C=O) groups is 1. The molecule has 1 aliphatic heterocycles. The molecule has 0 spiro atoms. The Bertz CT molecular complexity index is 471. The van der Waals surface area contributed by atoms with Crippen LogP contribution in [0.5, 0.6) is 0 Å². The molecule has 1 saturated carbocycles. The molecule has 3 N–H and O–H groups in total. The van der Waals surface area contributed by atoms with Crippen molar-refractivity contribution in [1.82, 2.24) is 10.2 Å². The Morgan fingerprint density at radius 2 is 1.67 bits per heavy atom. The summed E-state index contributed by atoms with van der Waals surface area (Å²) in [7, 11) is 0. The molecule has 21 heavy (non-hydrogen) atoms. The predicted octanol–water partition coefficient (Wildman–Crippen LogP) is 2.41. The molecule has 1 aromatic carbocycles. The molecule has 0 radical (unpaired) electrons. The van der Waals surface area contributed by atoms with E-state index in [2.05, 4.69) is 10.2 Å².